The number of nitrogens with zero attached hydrogens (tertiary/aromatic N) is 3. The largest absolute Gasteiger partial charge is 0.493 e. The van der Waals surface area contributed by atoms with E-state index in [0.29, 0.717) is 16.6 Å². The van der Waals surface area contributed by atoms with Gasteiger partial charge in [0.2, 0.25) is 5.88 Å². The lowest BCUT2D eigenvalue weighted by Crippen LogP contribution is -1.91. The van der Waals surface area contributed by atoms with Gasteiger partial charge < -0.3 is 5.11 Å². The summed E-state index contributed by atoms with van der Waals surface area (Å²) >= 11 is 1.36. The van der Waals surface area contributed by atoms with Gasteiger partial charge in [0.25, 0.3) is 5.69 Å². The molecule has 0 bridgehead atoms. The number of thioether (sulfide) groups is 1. The lowest BCUT2D eigenvalue weighted by molar-refractivity contribution is -0.384. The highest BCUT2D eigenvalue weighted by molar-refractivity contribution is 7.98. The molecule has 1 aromatic heterocycles. The zero-order chi connectivity index (χ0) is 13.8. The molecular formula is C12H11N3O3S. The highest BCUT2D eigenvalue weighted by atomic mass is 32.2. The number of non-ortho nitro benzene ring substituents is 1. The van der Waals surface area contributed by atoms with Crippen molar-refractivity contribution in [3.05, 3.63) is 51.7 Å². The van der Waals surface area contributed by atoms with Gasteiger partial charge in [-0.15, -0.1) is 0 Å². The van der Waals surface area contributed by atoms with Crippen molar-refractivity contribution < 1.29 is 10.0 Å². The molecular weight excluding hydrogens is 266 g/mol. The van der Waals surface area contributed by atoms with E-state index in [4.69, 9.17) is 0 Å². The number of hydrogen-bond donors (Lipinski definition) is 1. The molecule has 0 aliphatic carbocycles. The molecule has 0 radical (unpaired) electrons. The fourth-order valence-electron chi connectivity index (χ4n) is 1.45. The monoisotopic (exact) mass is 277 g/mol. The number of benzene rings is 1. The molecule has 0 fully saturated rings. The number of aromatic nitrogens is 2. The van der Waals surface area contributed by atoms with E-state index in [1.165, 1.54) is 30.0 Å². The second kappa shape index (κ2) is 5.66. The van der Waals surface area contributed by atoms with Gasteiger partial charge in [0.05, 0.1) is 4.92 Å². The first-order chi connectivity index (χ1) is 9.04. The standard InChI is InChI=1S/C12H11N3O3S/c1-8-6-11(16)14-12(13-8)19-7-9-2-4-10(5-3-9)15(17)18/h2-6H,7H2,1H3,(H,13,14,16). The van der Waals surface area contributed by atoms with Gasteiger partial charge in [0.1, 0.15) is 0 Å². The first-order valence-electron chi connectivity index (χ1n) is 5.45. The fraction of sp³-hybridized carbons (Fsp3) is 0.167. The summed E-state index contributed by atoms with van der Waals surface area (Å²) in [5.41, 5.74) is 1.69. The predicted molar refractivity (Wildman–Crippen MR) is 71.1 cm³/mol. The number of nitro groups is 1. The Kier molecular flexibility index (Phi) is 3.96. The smallest absolute Gasteiger partial charge is 0.269 e. The Bertz CT molecular complexity index is 581. The van der Waals surface area contributed by atoms with Crippen LogP contribution >= 0.6 is 11.8 Å². The molecule has 7 heteroatoms. The van der Waals surface area contributed by atoms with Gasteiger partial charge >= 0.3 is 0 Å². The maximum absolute atomic E-state index is 10.5. The Labute approximate surface area is 113 Å². The minimum absolute atomic E-state index is 0.0568. The minimum atomic E-state index is -0.432. The summed E-state index contributed by atoms with van der Waals surface area (Å²) in [6, 6.07) is 7.80. The molecule has 6 nitrogen and oxygen atoms in total. The maximum atomic E-state index is 10.5. The van der Waals surface area contributed by atoms with Crippen molar-refractivity contribution in [3.63, 3.8) is 0 Å². The summed E-state index contributed by atoms with van der Waals surface area (Å²) in [4.78, 5) is 18.2. The average Bonchev–Trinajstić information content (AvgIpc) is 2.36. The Morgan fingerprint density at radius 2 is 2.00 bits per heavy atom. The number of rotatable bonds is 4. The molecule has 98 valence electrons. The summed E-state index contributed by atoms with van der Waals surface area (Å²) in [5.74, 6) is 0.527. The van der Waals surface area contributed by atoms with Crippen LogP contribution in [0.1, 0.15) is 11.3 Å². The van der Waals surface area contributed by atoms with Crippen LogP contribution in [-0.2, 0) is 5.75 Å². The van der Waals surface area contributed by atoms with E-state index >= 15 is 0 Å². The molecule has 1 N–H and O–H groups in total. The lowest BCUT2D eigenvalue weighted by atomic mass is 10.2. The number of hydrogen-bond acceptors (Lipinski definition) is 6. The Morgan fingerprint density at radius 3 is 2.58 bits per heavy atom. The topological polar surface area (TPSA) is 89.2 Å². The van der Waals surface area contributed by atoms with Crippen molar-refractivity contribution in [2.45, 2.75) is 17.8 Å². The van der Waals surface area contributed by atoms with Crippen molar-refractivity contribution in [2.24, 2.45) is 0 Å². The number of aromatic hydroxyl groups is 1. The van der Waals surface area contributed by atoms with Crippen molar-refractivity contribution in [3.8, 4) is 5.88 Å². The molecule has 0 spiro atoms. The molecule has 0 unspecified atom stereocenters. The molecule has 1 aromatic carbocycles. The lowest BCUT2D eigenvalue weighted by Gasteiger charge is -2.02. The van der Waals surface area contributed by atoms with Crippen molar-refractivity contribution in [2.75, 3.05) is 0 Å². The third-order valence-electron chi connectivity index (χ3n) is 2.34. The quantitative estimate of drug-likeness (QED) is 0.400. The van der Waals surface area contributed by atoms with Crippen molar-refractivity contribution >= 4 is 17.4 Å². The third kappa shape index (κ3) is 3.65. The second-order valence-corrected chi connectivity index (χ2v) is 4.80. The molecule has 0 saturated heterocycles. The van der Waals surface area contributed by atoms with E-state index in [1.807, 2.05) is 0 Å². The second-order valence-electron chi connectivity index (χ2n) is 3.86. The van der Waals surface area contributed by atoms with Gasteiger partial charge in [0.15, 0.2) is 5.16 Å². The molecule has 2 aromatic rings. The molecule has 0 aliphatic heterocycles. The predicted octanol–water partition coefficient (Wildman–Crippen LogP) is 2.69. The van der Waals surface area contributed by atoms with Crippen LogP contribution in [0.5, 0.6) is 5.88 Å². The zero-order valence-corrected chi connectivity index (χ0v) is 10.9. The maximum Gasteiger partial charge on any atom is 0.269 e. The summed E-state index contributed by atoms with van der Waals surface area (Å²) in [5, 5.41) is 20.4. The third-order valence-corrected chi connectivity index (χ3v) is 3.25. The summed E-state index contributed by atoms with van der Waals surface area (Å²) in [6.07, 6.45) is 0. The van der Waals surface area contributed by atoms with Gasteiger partial charge in [-0.1, -0.05) is 23.9 Å². The first-order valence-corrected chi connectivity index (χ1v) is 6.44. The summed E-state index contributed by atoms with van der Waals surface area (Å²) in [6.45, 7) is 1.78. The molecule has 1 heterocycles. The van der Waals surface area contributed by atoms with Crippen molar-refractivity contribution in [1.29, 1.82) is 0 Å². The molecule has 0 saturated carbocycles. The summed E-state index contributed by atoms with van der Waals surface area (Å²) < 4.78 is 0. The van der Waals surface area contributed by atoms with Crippen LogP contribution in [0.2, 0.25) is 0 Å². The average molecular weight is 277 g/mol. The van der Waals surface area contributed by atoms with E-state index in [1.54, 1.807) is 19.1 Å². The molecule has 0 atom stereocenters. The SMILES string of the molecule is Cc1cc(O)nc(SCc2ccc([N+](=O)[O-])cc2)n1. The molecule has 19 heavy (non-hydrogen) atoms. The van der Waals surface area contributed by atoms with Gasteiger partial charge in [-0.25, -0.2) is 4.98 Å². The van der Waals surface area contributed by atoms with E-state index in [9.17, 15) is 15.2 Å². The molecule has 0 amide bonds. The fourth-order valence-corrected chi connectivity index (χ4v) is 2.31. The number of nitro benzene ring substituents is 1. The van der Waals surface area contributed by atoms with Crippen LogP contribution in [-0.4, -0.2) is 20.0 Å². The number of aryl methyl sites for hydroxylation is 1. The van der Waals surface area contributed by atoms with Gasteiger partial charge in [-0.05, 0) is 12.5 Å². The van der Waals surface area contributed by atoms with Crippen LogP contribution < -0.4 is 0 Å². The first kappa shape index (κ1) is 13.3. The van der Waals surface area contributed by atoms with Crippen LogP contribution in [0, 0.1) is 17.0 Å². The molecule has 2 rings (SSSR count). The van der Waals surface area contributed by atoms with E-state index < -0.39 is 4.92 Å². The van der Waals surface area contributed by atoms with E-state index in [2.05, 4.69) is 9.97 Å². The Morgan fingerprint density at radius 1 is 1.32 bits per heavy atom. The van der Waals surface area contributed by atoms with Gasteiger partial charge in [-0.2, -0.15) is 4.98 Å². The zero-order valence-electron chi connectivity index (χ0n) is 10.1. The van der Waals surface area contributed by atoms with Gasteiger partial charge in [-0.3, -0.25) is 10.1 Å². The van der Waals surface area contributed by atoms with Crippen LogP contribution in [0.25, 0.3) is 0 Å². The van der Waals surface area contributed by atoms with Crippen LogP contribution in [0.15, 0.2) is 35.5 Å². The van der Waals surface area contributed by atoms with E-state index in [0.717, 1.165) is 5.56 Å². The normalized spacial score (nSPS) is 10.4. The summed E-state index contributed by atoms with van der Waals surface area (Å²) in [7, 11) is 0. The van der Waals surface area contributed by atoms with Gasteiger partial charge in [0, 0.05) is 29.6 Å². The van der Waals surface area contributed by atoms with E-state index in [-0.39, 0.29) is 11.6 Å². The Balaban J connectivity index is 2.03. The van der Waals surface area contributed by atoms with Crippen LogP contribution in [0.3, 0.4) is 0 Å². The molecule has 0 aliphatic rings. The van der Waals surface area contributed by atoms with Crippen LogP contribution in [0.4, 0.5) is 5.69 Å². The Hall–Kier alpha value is -2.15. The highest BCUT2D eigenvalue weighted by Gasteiger charge is 2.06. The highest BCUT2D eigenvalue weighted by Crippen LogP contribution is 2.22. The minimum Gasteiger partial charge on any atom is -0.493 e. The van der Waals surface area contributed by atoms with Crippen molar-refractivity contribution in [1.82, 2.24) is 9.97 Å².